The van der Waals surface area contributed by atoms with Crippen molar-refractivity contribution < 1.29 is 48.3 Å². The minimum atomic E-state index is -1.75. The van der Waals surface area contributed by atoms with Crippen LogP contribution in [0, 0.1) is 22.7 Å². The van der Waals surface area contributed by atoms with Crippen molar-refractivity contribution in [3.05, 3.63) is 23.3 Å². The van der Waals surface area contributed by atoms with Crippen LogP contribution in [-0.2, 0) is 38.1 Å². The van der Waals surface area contributed by atoms with Gasteiger partial charge in [-0.25, -0.2) is 9.59 Å². The second-order valence-corrected chi connectivity index (χ2v) is 12.0. The Hall–Kier alpha value is -2.43. The predicted octanol–water partition coefficient (Wildman–Crippen LogP) is 3.01. The lowest BCUT2D eigenvalue weighted by Gasteiger charge is -2.67. The largest absolute Gasteiger partial charge is 0.463 e. The lowest BCUT2D eigenvalue weighted by molar-refractivity contribution is -0.287. The molecule has 0 aromatic heterocycles. The molecule has 40 heavy (non-hydrogen) atoms. The lowest BCUT2D eigenvalue weighted by Crippen LogP contribution is -2.74. The Morgan fingerprint density at radius 2 is 1.90 bits per heavy atom. The van der Waals surface area contributed by atoms with Gasteiger partial charge < -0.3 is 29.2 Å². The number of carbonyl (C=O) groups is 4. The summed E-state index contributed by atoms with van der Waals surface area (Å²) in [4.78, 5) is 49.0. The Morgan fingerprint density at radius 1 is 1.23 bits per heavy atom. The molecule has 1 aliphatic heterocycles. The molecule has 2 N–H and O–H groups in total. The van der Waals surface area contributed by atoms with Crippen LogP contribution in [0.3, 0.4) is 0 Å². The van der Waals surface area contributed by atoms with Gasteiger partial charge in [0.25, 0.3) is 0 Å². The lowest BCUT2D eigenvalue weighted by atomic mass is 9.41. The fourth-order valence-corrected chi connectivity index (χ4v) is 7.62. The molecule has 3 aliphatic rings. The van der Waals surface area contributed by atoms with E-state index in [4.69, 9.17) is 30.5 Å². The number of hydrogen-bond donors (Lipinski definition) is 2. The number of fused-ring (bicyclic) bond motifs is 1. The Morgan fingerprint density at radius 3 is 2.42 bits per heavy atom. The van der Waals surface area contributed by atoms with Crippen LogP contribution in [0.15, 0.2) is 23.3 Å². The number of carbonyl (C=O) groups excluding carboxylic acids is 4. The summed E-state index contributed by atoms with van der Waals surface area (Å²) in [6.07, 6.45) is 0.783. The molecule has 0 amide bonds. The first-order valence-electron chi connectivity index (χ1n) is 13.6. The van der Waals surface area contributed by atoms with Crippen LogP contribution in [0.2, 0.25) is 0 Å². The van der Waals surface area contributed by atoms with Crippen molar-refractivity contribution in [1.82, 2.24) is 0 Å². The van der Waals surface area contributed by atoms with Crippen LogP contribution in [0.25, 0.3) is 0 Å². The van der Waals surface area contributed by atoms with Gasteiger partial charge in [0.05, 0.1) is 11.5 Å². The van der Waals surface area contributed by atoms with Crippen molar-refractivity contribution in [3.8, 4) is 0 Å². The van der Waals surface area contributed by atoms with E-state index >= 15 is 0 Å². The third kappa shape index (κ3) is 5.81. The normalized spacial score (nSPS) is 36.6. The summed E-state index contributed by atoms with van der Waals surface area (Å²) in [5.41, 5.74) is -3.23. The molecule has 0 radical (unpaired) electrons. The van der Waals surface area contributed by atoms with Gasteiger partial charge in [0, 0.05) is 42.9 Å². The number of rotatable bonds is 9. The van der Waals surface area contributed by atoms with Gasteiger partial charge in [-0.05, 0) is 50.9 Å². The number of cyclic esters (lactones) is 1. The van der Waals surface area contributed by atoms with Crippen molar-refractivity contribution in [3.63, 3.8) is 0 Å². The molecule has 3 rings (SSSR count). The predicted molar refractivity (Wildman–Crippen MR) is 144 cm³/mol. The minimum Gasteiger partial charge on any atom is -0.463 e. The molecule has 0 aromatic carbocycles. The summed E-state index contributed by atoms with van der Waals surface area (Å²) in [5, 5.41) is 23.6. The van der Waals surface area contributed by atoms with Crippen LogP contribution in [-0.4, -0.2) is 77.1 Å². The number of aliphatic hydroxyl groups is 2. The van der Waals surface area contributed by atoms with Gasteiger partial charge in [-0.2, -0.15) is 0 Å². The number of ether oxygens (including phenoxy) is 4. The van der Waals surface area contributed by atoms with E-state index in [0.717, 1.165) is 0 Å². The Balaban J connectivity index is 2.23. The number of aliphatic hydroxyl groups excluding tert-OH is 1. The Bertz CT molecular complexity index is 1080. The number of allylic oxidation sites excluding steroid dienone is 1. The summed E-state index contributed by atoms with van der Waals surface area (Å²) in [6.45, 7) is 9.28. The minimum absolute atomic E-state index is 0.0405. The van der Waals surface area contributed by atoms with E-state index < -0.39 is 71.1 Å². The molecule has 0 spiro atoms. The molecule has 0 saturated heterocycles. The van der Waals surface area contributed by atoms with Gasteiger partial charge in [0.2, 0.25) is 0 Å². The molecular weight excluding hydrogens is 544 g/mol. The molecular formula is C29H41ClO10. The molecule has 10 nitrogen and oxygen atoms in total. The van der Waals surface area contributed by atoms with Crippen molar-refractivity contribution in [2.45, 2.75) is 91.1 Å². The first-order chi connectivity index (χ1) is 18.6. The molecule has 0 aromatic rings. The number of esters is 4. The van der Waals surface area contributed by atoms with Gasteiger partial charge in [-0.3, -0.25) is 9.59 Å². The molecule has 8 atom stereocenters. The monoisotopic (exact) mass is 584 g/mol. The number of halogens is 1. The van der Waals surface area contributed by atoms with Crippen LogP contribution >= 0.6 is 11.6 Å². The SMILES string of the molecule is C/C=C(\C)C(=O)OC1CC[C@](O)(COC(C)=O)[C@@]2(CCl)C(OC(C)=O)C[C@H](C)[C@@](C)(CC(O)C3=CC(=O)OC3)[C@H]12. The third-order valence-electron chi connectivity index (χ3n) is 9.42. The van der Waals surface area contributed by atoms with E-state index in [9.17, 15) is 29.4 Å². The zero-order chi connectivity index (χ0) is 30.0. The maximum absolute atomic E-state index is 13.1. The van der Waals surface area contributed by atoms with E-state index in [2.05, 4.69) is 0 Å². The third-order valence-corrected chi connectivity index (χ3v) is 9.86. The molecule has 3 unspecified atom stereocenters. The fraction of sp³-hybridized carbons (Fsp3) is 0.724. The van der Waals surface area contributed by atoms with Gasteiger partial charge in [-0.15, -0.1) is 11.6 Å². The number of hydrogen-bond acceptors (Lipinski definition) is 10. The van der Waals surface area contributed by atoms with Crippen LogP contribution in [0.1, 0.15) is 67.2 Å². The average Bonchev–Trinajstić information content (AvgIpc) is 3.32. The molecule has 0 bridgehead atoms. The average molecular weight is 585 g/mol. The highest BCUT2D eigenvalue weighted by Gasteiger charge is 2.72. The Kier molecular flexibility index (Phi) is 9.79. The summed E-state index contributed by atoms with van der Waals surface area (Å²) in [5.74, 6) is -3.45. The van der Waals surface area contributed by atoms with Crippen molar-refractivity contribution in [2.24, 2.45) is 22.7 Å². The van der Waals surface area contributed by atoms with E-state index in [1.165, 1.54) is 19.9 Å². The molecule has 11 heteroatoms. The molecule has 2 aliphatic carbocycles. The van der Waals surface area contributed by atoms with Crippen LogP contribution in [0.4, 0.5) is 0 Å². The smallest absolute Gasteiger partial charge is 0.333 e. The standard InChI is InChI=1S/C29H41ClO10/c1-7-16(2)26(35)40-22-8-9-28(36,15-38-18(4)31)29(14-30)23(39-19(5)32)10-17(3)27(6,25(22)29)12-21(33)20-11-24(34)37-13-20/h7,11,17,21-23,25,33,36H,8-10,12-15H2,1-6H3/b16-7+/t17-,21?,22?,23?,25-,27+,28-,29-/m0/s1. The highest BCUT2D eigenvalue weighted by atomic mass is 35.5. The van der Waals surface area contributed by atoms with Crippen molar-refractivity contribution in [2.75, 3.05) is 19.1 Å². The van der Waals surface area contributed by atoms with Crippen molar-refractivity contribution >= 4 is 35.5 Å². The highest BCUT2D eigenvalue weighted by Crippen LogP contribution is 2.66. The molecule has 2 fully saturated rings. The van der Waals surface area contributed by atoms with E-state index in [1.54, 1.807) is 19.9 Å². The first kappa shape index (κ1) is 32.1. The summed E-state index contributed by atoms with van der Waals surface area (Å²) in [7, 11) is 0. The van der Waals surface area contributed by atoms with E-state index in [0.29, 0.717) is 11.1 Å². The summed E-state index contributed by atoms with van der Waals surface area (Å²) >= 11 is 6.79. The fourth-order valence-electron chi connectivity index (χ4n) is 7.03. The quantitative estimate of drug-likeness (QED) is 0.179. The van der Waals surface area contributed by atoms with Crippen molar-refractivity contribution in [1.29, 1.82) is 0 Å². The van der Waals surface area contributed by atoms with Gasteiger partial charge in [0.15, 0.2) is 0 Å². The Labute approximate surface area is 240 Å². The summed E-state index contributed by atoms with van der Waals surface area (Å²) in [6, 6.07) is 0. The second-order valence-electron chi connectivity index (χ2n) is 11.7. The van der Waals surface area contributed by atoms with E-state index in [1.807, 2.05) is 13.8 Å². The molecule has 1 heterocycles. The maximum atomic E-state index is 13.1. The van der Waals surface area contributed by atoms with Crippen LogP contribution < -0.4 is 0 Å². The summed E-state index contributed by atoms with van der Waals surface area (Å²) < 4.78 is 22.3. The zero-order valence-corrected chi connectivity index (χ0v) is 24.8. The zero-order valence-electron chi connectivity index (χ0n) is 24.0. The van der Waals surface area contributed by atoms with Crippen LogP contribution in [0.5, 0.6) is 0 Å². The van der Waals surface area contributed by atoms with Gasteiger partial charge >= 0.3 is 23.9 Å². The second kappa shape index (κ2) is 12.2. The highest BCUT2D eigenvalue weighted by molar-refractivity contribution is 6.18. The number of alkyl halides is 1. The topological polar surface area (TPSA) is 146 Å². The van der Waals surface area contributed by atoms with Gasteiger partial charge in [-0.1, -0.05) is 19.9 Å². The maximum Gasteiger partial charge on any atom is 0.333 e. The first-order valence-corrected chi connectivity index (χ1v) is 14.2. The van der Waals surface area contributed by atoms with Gasteiger partial charge in [0.1, 0.15) is 31.0 Å². The molecule has 224 valence electrons. The molecule has 2 saturated carbocycles. The van der Waals surface area contributed by atoms with E-state index in [-0.39, 0.29) is 44.1 Å².